The van der Waals surface area contributed by atoms with Crippen molar-refractivity contribution in [3.05, 3.63) is 0 Å². The normalized spacial score (nSPS) is 14.9. The molecule has 2 atom stereocenters. The van der Waals surface area contributed by atoms with Gasteiger partial charge in [-0.15, -0.1) is 0 Å². The zero-order valence-electron chi connectivity index (χ0n) is 8.90. The molecule has 0 rings (SSSR count). The van der Waals surface area contributed by atoms with Crippen LogP contribution in [0.1, 0.15) is 39.0 Å². The Balaban J connectivity index is 3.52. The molecular weight excluding hydrogens is 184 g/mol. The summed E-state index contributed by atoms with van der Waals surface area (Å²) in [6, 6.07) is 0. The predicted octanol–water partition coefficient (Wildman–Crippen LogP) is 0.852. The maximum Gasteiger partial charge on any atom is 0.305 e. The standard InChI is InChI=1S/C10H20O4/c1-3-5-8(11)9(12)6-4-7-10(13)14-2/h8-9,11-12H,3-7H2,1-2H3. The summed E-state index contributed by atoms with van der Waals surface area (Å²) in [5.41, 5.74) is 0. The minimum absolute atomic E-state index is 0.276. The van der Waals surface area contributed by atoms with Gasteiger partial charge in [0.1, 0.15) is 0 Å². The smallest absolute Gasteiger partial charge is 0.305 e. The Labute approximate surface area is 84.9 Å². The molecule has 0 saturated carbocycles. The van der Waals surface area contributed by atoms with E-state index in [0.29, 0.717) is 25.7 Å². The van der Waals surface area contributed by atoms with E-state index in [0.717, 1.165) is 6.42 Å². The number of rotatable bonds is 7. The number of aliphatic hydroxyl groups excluding tert-OH is 2. The lowest BCUT2D eigenvalue weighted by molar-refractivity contribution is -0.140. The highest BCUT2D eigenvalue weighted by Gasteiger charge is 2.15. The fraction of sp³-hybridized carbons (Fsp3) is 0.900. The van der Waals surface area contributed by atoms with Crippen molar-refractivity contribution in [1.82, 2.24) is 0 Å². The summed E-state index contributed by atoms with van der Waals surface area (Å²) in [4.78, 5) is 10.7. The van der Waals surface area contributed by atoms with Crippen LogP contribution in [0.15, 0.2) is 0 Å². The monoisotopic (exact) mass is 204 g/mol. The van der Waals surface area contributed by atoms with Gasteiger partial charge in [-0.25, -0.2) is 0 Å². The minimum atomic E-state index is -0.723. The second kappa shape index (κ2) is 7.76. The van der Waals surface area contributed by atoms with Crippen molar-refractivity contribution < 1.29 is 19.7 Å². The predicted molar refractivity (Wildman–Crippen MR) is 52.8 cm³/mol. The molecule has 0 aliphatic heterocycles. The van der Waals surface area contributed by atoms with Crippen LogP contribution >= 0.6 is 0 Å². The molecule has 2 unspecified atom stereocenters. The summed E-state index contributed by atoms with van der Waals surface area (Å²) < 4.78 is 4.46. The van der Waals surface area contributed by atoms with Gasteiger partial charge in [-0.1, -0.05) is 13.3 Å². The number of carbonyl (C=O) groups excluding carboxylic acids is 1. The van der Waals surface area contributed by atoms with Crippen LogP contribution in [0.2, 0.25) is 0 Å². The van der Waals surface area contributed by atoms with E-state index in [9.17, 15) is 15.0 Å². The number of ether oxygens (including phenoxy) is 1. The lowest BCUT2D eigenvalue weighted by atomic mass is 10.0. The Hall–Kier alpha value is -0.610. The molecule has 4 nitrogen and oxygen atoms in total. The Kier molecular flexibility index (Phi) is 7.42. The number of hydrogen-bond donors (Lipinski definition) is 2. The third-order valence-corrected chi connectivity index (χ3v) is 2.14. The third kappa shape index (κ3) is 5.94. The molecule has 0 spiro atoms. The van der Waals surface area contributed by atoms with E-state index in [4.69, 9.17) is 0 Å². The molecule has 0 bridgehead atoms. The molecule has 0 aliphatic carbocycles. The largest absolute Gasteiger partial charge is 0.469 e. The average molecular weight is 204 g/mol. The lowest BCUT2D eigenvalue weighted by Crippen LogP contribution is -2.25. The number of esters is 1. The van der Waals surface area contributed by atoms with E-state index >= 15 is 0 Å². The summed E-state index contributed by atoms with van der Waals surface area (Å²) >= 11 is 0. The van der Waals surface area contributed by atoms with Crippen LogP contribution in [0, 0.1) is 0 Å². The van der Waals surface area contributed by atoms with Gasteiger partial charge in [0, 0.05) is 6.42 Å². The molecule has 0 aromatic heterocycles. The molecule has 0 heterocycles. The zero-order chi connectivity index (χ0) is 11.0. The van der Waals surface area contributed by atoms with Gasteiger partial charge in [-0.05, 0) is 19.3 Å². The maximum absolute atomic E-state index is 10.7. The lowest BCUT2D eigenvalue weighted by Gasteiger charge is -2.16. The molecule has 2 N–H and O–H groups in total. The van der Waals surface area contributed by atoms with Gasteiger partial charge in [0.25, 0.3) is 0 Å². The van der Waals surface area contributed by atoms with Gasteiger partial charge >= 0.3 is 5.97 Å². The van der Waals surface area contributed by atoms with Crippen molar-refractivity contribution in [3.8, 4) is 0 Å². The van der Waals surface area contributed by atoms with Crippen molar-refractivity contribution >= 4 is 5.97 Å². The van der Waals surface area contributed by atoms with Crippen LogP contribution in [-0.2, 0) is 9.53 Å². The van der Waals surface area contributed by atoms with Gasteiger partial charge in [0.15, 0.2) is 0 Å². The van der Waals surface area contributed by atoms with Crippen LogP contribution in [0.4, 0.5) is 0 Å². The molecule has 4 heteroatoms. The molecule has 84 valence electrons. The third-order valence-electron chi connectivity index (χ3n) is 2.14. The van der Waals surface area contributed by atoms with Gasteiger partial charge in [0.05, 0.1) is 19.3 Å². The van der Waals surface area contributed by atoms with Crippen LogP contribution in [0.25, 0.3) is 0 Å². The van der Waals surface area contributed by atoms with Crippen LogP contribution in [0.3, 0.4) is 0 Å². The molecule has 0 saturated heterocycles. The molecule has 0 aromatic rings. The average Bonchev–Trinajstić information content (AvgIpc) is 2.17. The van der Waals surface area contributed by atoms with Crippen molar-refractivity contribution in [1.29, 1.82) is 0 Å². The Bertz CT molecular complexity index is 158. The number of hydrogen-bond acceptors (Lipinski definition) is 4. The number of carbonyl (C=O) groups is 1. The maximum atomic E-state index is 10.7. The molecule has 0 fully saturated rings. The van der Waals surface area contributed by atoms with E-state index in [2.05, 4.69) is 4.74 Å². The summed E-state index contributed by atoms with van der Waals surface area (Å²) in [6.45, 7) is 1.95. The van der Waals surface area contributed by atoms with Crippen LogP contribution in [-0.4, -0.2) is 35.5 Å². The van der Waals surface area contributed by atoms with E-state index < -0.39 is 12.2 Å². The van der Waals surface area contributed by atoms with E-state index in [-0.39, 0.29) is 5.97 Å². The first-order valence-electron chi connectivity index (χ1n) is 5.04. The highest BCUT2D eigenvalue weighted by molar-refractivity contribution is 5.68. The Morgan fingerprint density at radius 1 is 1.29 bits per heavy atom. The van der Waals surface area contributed by atoms with E-state index in [1.165, 1.54) is 7.11 Å². The van der Waals surface area contributed by atoms with E-state index in [1.54, 1.807) is 0 Å². The van der Waals surface area contributed by atoms with Crippen LogP contribution in [0.5, 0.6) is 0 Å². The first-order chi connectivity index (χ1) is 6.61. The summed E-state index contributed by atoms with van der Waals surface area (Å²) in [5.74, 6) is -0.276. The second-order valence-corrected chi connectivity index (χ2v) is 3.39. The molecule has 14 heavy (non-hydrogen) atoms. The Morgan fingerprint density at radius 2 is 1.86 bits per heavy atom. The summed E-state index contributed by atoms with van der Waals surface area (Å²) in [7, 11) is 1.34. The van der Waals surface area contributed by atoms with Crippen molar-refractivity contribution in [2.75, 3.05) is 7.11 Å². The number of methoxy groups -OCH3 is 1. The molecule has 0 amide bonds. The van der Waals surface area contributed by atoms with Crippen molar-refractivity contribution in [2.24, 2.45) is 0 Å². The SMILES string of the molecule is CCCC(O)C(O)CCCC(=O)OC. The fourth-order valence-electron chi connectivity index (χ4n) is 1.24. The number of aliphatic hydroxyl groups is 2. The fourth-order valence-corrected chi connectivity index (χ4v) is 1.24. The van der Waals surface area contributed by atoms with Crippen molar-refractivity contribution in [3.63, 3.8) is 0 Å². The zero-order valence-corrected chi connectivity index (χ0v) is 8.90. The van der Waals surface area contributed by atoms with Crippen LogP contribution < -0.4 is 0 Å². The quantitative estimate of drug-likeness (QED) is 0.603. The highest BCUT2D eigenvalue weighted by Crippen LogP contribution is 2.09. The summed E-state index contributed by atoms with van der Waals surface area (Å²) in [5, 5.41) is 18.8. The molecule has 0 radical (unpaired) electrons. The first-order valence-corrected chi connectivity index (χ1v) is 5.04. The first kappa shape index (κ1) is 13.4. The minimum Gasteiger partial charge on any atom is -0.469 e. The van der Waals surface area contributed by atoms with Gasteiger partial charge in [0.2, 0.25) is 0 Å². The van der Waals surface area contributed by atoms with Crippen molar-refractivity contribution in [2.45, 2.75) is 51.2 Å². The topological polar surface area (TPSA) is 66.8 Å². The Morgan fingerprint density at radius 3 is 2.36 bits per heavy atom. The molecular formula is C10H20O4. The van der Waals surface area contributed by atoms with Gasteiger partial charge in [-0.3, -0.25) is 4.79 Å². The molecule has 0 aliphatic rings. The van der Waals surface area contributed by atoms with E-state index in [1.807, 2.05) is 6.92 Å². The summed E-state index contributed by atoms with van der Waals surface area (Å²) in [6.07, 6.45) is 1.34. The highest BCUT2D eigenvalue weighted by atomic mass is 16.5. The van der Waals surface area contributed by atoms with Gasteiger partial charge in [-0.2, -0.15) is 0 Å². The van der Waals surface area contributed by atoms with Gasteiger partial charge < -0.3 is 14.9 Å². The second-order valence-electron chi connectivity index (χ2n) is 3.39. The molecule has 0 aromatic carbocycles.